The van der Waals surface area contributed by atoms with Crippen LogP contribution in [0.25, 0.3) is 0 Å². The number of rotatable bonds is 5. The molecule has 3 heteroatoms. The molecule has 0 aromatic heterocycles. The van der Waals surface area contributed by atoms with Crippen molar-refractivity contribution in [3.8, 4) is 0 Å². The van der Waals surface area contributed by atoms with Crippen LogP contribution in [0, 0.1) is 5.82 Å². The Hall–Kier alpha value is -1.71. The van der Waals surface area contributed by atoms with Gasteiger partial charge < -0.3 is 10.4 Å². The minimum atomic E-state index is -0.935. The number of hydrogen-bond donors (Lipinski definition) is 2. The Kier molecular flexibility index (Phi) is 4.53. The first kappa shape index (κ1) is 14.7. The van der Waals surface area contributed by atoms with E-state index in [0.717, 1.165) is 11.1 Å². The number of benzene rings is 2. The molecule has 0 aliphatic rings. The molecule has 2 atom stereocenters. The first-order valence-corrected chi connectivity index (χ1v) is 6.76. The first-order chi connectivity index (χ1) is 9.49. The molecule has 0 amide bonds. The fourth-order valence-corrected chi connectivity index (χ4v) is 2.12. The summed E-state index contributed by atoms with van der Waals surface area (Å²) < 4.78 is 12.9. The Morgan fingerprint density at radius 3 is 2.30 bits per heavy atom. The highest BCUT2D eigenvalue weighted by molar-refractivity contribution is 5.23. The maximum absolute atomic E-state index is 12.9. The summed E-state index contributed by atoms with van der Waals surface area (Å²) in [5.74, 6) is -0.239. The molecular formula is C17H20FNO. The third-order valence-corrected chi connectivity index (χ3v) is 3.52. The van der Waals surface area contributed by atoms with Crippen molar-refractivity contribution in [2.45, 2.75) is 25.5 Å². The molecule has 20 heavy (non-hydrogen) atoms. The summed E-state index contributed by atoms with van der Waals surface area (Å²) in [7, 11) is 0. The zero-order valence-electron chi connectivity index (χ0n) is 11.8. The molecule has 0 saturated heterocycles. The van der Waals surface area contributed by atoms with Crippen molar-refractivity contribution in [1.82, 2.24) is 5.32 Å². The Balaban J connectivity index is 1.99. The quantitative estimate of drug-likeness (QED) is 0.875. The van der Waals surface area contributed by atoms with Crippen LogP contribution in [-0.4, -0.2) is 11.7 Å². The second-order valence-corrected chi connectivity index (χ2v) is 5.29. The second-order valence-electron chi connectivity index (χ2n) is 5.29. The van der Waals surface area contributed by atoms with Crippen molar-refractivity contribution >= 4 is 0 Å². The monoisotopic (exact) mass is 273 g/mol. The molecule has 2 N–H and O–H groups in total. The summed E-state index contributed by atoms with van der Waals surface area (Å²) in [5, 5.41) is 13.8. The van der Waals surface area contributed by atoms with Crippen molar-refractivity contribution < 1.29 is 9.50 Å². The molecular weight excluding hydrogens is 253 g/mol. The van der Waals surface area contributed by atoms with Gasteiger partial charge in [0.1, 0.15) is 5.82 Å². The molecule has 2 rings (SSSR count). The van der Waals surface area contributed by atoms with Crippen molar-refractivity contribution in [1.29, 1.82) is 0 Å². The normalized spacial score (nSPS) is 15.6. The molecule has 0 spiro atoms. The lowest BCUT2D eigenvalue weighted by Crippen LogP contribution is -2.36. The van der Waals surface area contributed by atoms with Crippen LogP contribution in [0.5, 0.6) is 0 Å². The fraction of sp³-hybridized carbons (Fsp3) is 0.294. The maximum atomic E-state index is 12.9. The van der Waals surface area contributed by atoms with Crippen molar-refractivity contribution in [3.05, 3.63) is 71.5 Å². The molecule has 2 aromatic carbocycles. The van der Waals surface area contributed by atoms with E-state index >= 15 is 0 Å². The van der Waals surface area contributed by atoms with Gasteiger partial charge in [-0.25, -0.2) is 4.39 Å². The molecule has 2 nitrogen and oxygen atoms in total. The highest BCUT2D eigenvalue weighted by Gasteiger charge is 2.23. The molecule has 0 saturated carbocycles. The number of halogens is 1. The Bertz CT molecular complexity index is 537. The Labute approximate surface area is 119 Å². The van der Waals surface area contributed by atoms with Crippen LogP contribution in [-0.2, 0) is 5.60 Å². The summed E-state index contributed by atoms with van der Waals surface area (Å²) >= 11 is 0. The van der Waals surface area contributed by atoms with Gasteiger partial charge in [-0.15, -0.1) is 0 Å². The van der Waals surface area contributed by atoms with E-state index in [1.54, 1.807) is 19.1 Å². The van der Waals surface area contributed by atoms with Crippen LogP contribution in [0.3, 0.4) is 0 Å². The molecule has 0 radical (unpaired) electrons. The molecule has 106 valence electrons. The van der Waals surface area contributed by atoms with Crippen LogP contribution < -0.4 is 5.32 Å². The minimum Gasteiger partial charge on any atom is -0.384 e. The number of aliphatic hydroxyl groups is 1. The van der Waals surface area contributed by atoms with Gasteiger partial charge in [-0.3, -0.25) is 0 Å². The smallest absolute Gasteiger partial charge is 0.123 e. The van der Waals surface area contributed by atoms with Gasteiger partial charge >= 0.3 is 0 Å². The number of hydrogen-bond acceptors (Lipinski definition) is 2. The Morgan fingerprint density at radius 1 is 1.10 bits per heavy atom. The molecule has 0 aliphatic carbocycles. The van der Waals surface area contributed by atoms with E-state index in [2.05, 4.69) is 5.32 Å². The highest BCUT2D eigenvalue weighted by Crippen LogP contribution is 2.21. The second kappa shape index (κ2) is 6.16. The third kappa shape index (κ3) is 3.65. The average molecular weight is 273 g/mol. The van der Waals surface area contributed by atoms with Crippen molar-refractivity contribution in [2.24, 2.45) is 0 Å². The predicted octanol–water partition coefficient (Wildman–Crippen LogP) is 3.38. The highest BCUT2D eigenvalue weighted by atomic mass is 19.1. The van der Waals surface area contributed by atoms with E-state index < -0.39 is 5.60 Å². The van der Waals surface area contributed by atoms with Crippen LogP contribution in [0.15, 0.2) is 54.6 Å². The Morgan fingerprint density at radius 2 is 1.70 bits per heavy atom. The average Bonchev–Trinajstić information content (AvgIpc) is 2.46. The van der Waals surface area contributed by atoms with Gasteiger partial charge in [0.15, 0.2) is 0 Å². The van der Waals surface area contributed by atoms with Crippen LogP contribution in [0.4, 0.5) is 4.39 Å². The molecule has 0 aliphatic heterocycles. The van der Waals surface area contributed by atoms with Gasteiger partial charge in [0.2, 0.25) is 0 Å². The molecule has 0 bridgehead atoms. The lowest BCUT2D eigenvalue weighted by atomic mass is 9.95. The van der Waals surface area contributed by atoms with E-state index in [-0.39, 0.29) is 11.9 Å². The number of nitrogens with one attached hydrogen (secondary N) is 1. The molecule has 0 heterocycles. The summed E-state index contributed by atoms with van der Waals surface area (Å²) in [4.78, 5) is 0. The summed E-state index contributed by atoms with van der Waals surface area (Å²) in [6, 6.07) is 16.0. The van der Waals surface area contributed by atoms with Crippen LogP contribution in [0.1, 0.15) is 31.0 Å². The lowest BCUT2D eigenvalue weighted by molar-refractivity contribution is 0.0543. The summed E-state index contributed by atoms with van der Waals surface area (Å²) in [5.41, 5.74) is 0.935. The SMILES string of the molecule is CC(NCC(C)(O)c1ccccc1)c1ccc(F)cc1. The van der Waals surface area contributed by atoms with Gasteiger partial charge in [0, 0.05) is 12.6 Å². The summed E-state index contributed by atoms with van der Waals surface area (Å²) in [6.07, 6.45) is 0. The van der Waals surface area contributed by atoms with E-state index in [9.17, 15) is 9.50 Å². The fourth-order valence-electron chi connectivity index (χ4n) is 2.12. The van der Waals surface area contributed by atoms with Gasteiger partial charge in [-0.05, 0) is 37.1 Å². The lowest BCUT2D eigenvalue weighted by Gasteiger charge is -2.26. The van der Waals surface area contributed by atoms with E-state index in [0.29, 0.717) is 6.54 Å². The largest absolute Gasteiger partial charge is 0.384 e. The zero-order valence-corrected chi connectivity index (χ0v) is 11.8. The van der Waals surface area contributed by atoms with Gasteiger partial charge in [0.05, 0.1) is 5.60 Å². The zero-order chi connectivity index (χ0) is 14.6. The molecule has 0 fully saturated rings. The molecule has 2 unspecified atom stereocenters. The van der Waals surface area contributed by atoms with Gasteiger partial charge in [0.25, 0.3) is 0 Å². The standard InChI is InChI=1S/C17H20FNO/c1-13(14-8-10-16(18)11-9-14)19-12-17(2,20)15-6-4-3-5-7-15/h3-11,13,19-20H,12H2,1-2H3. The summed E-state index contributed by atoms with van der Waals surface area (Å²) in [6.45, 7) is 4.20. The van der Waals surface area contributed by atoms with Gasteiger partial charge in [-0.1, -0.05) is 42.5 Å². The van der Waals surface area contributed by atoms with Gasteiger partial charge in [-0.2, -0.15) is 0 Å². The first-order valence-electron chi connectivity index (χ1n) is 6.76. The van der Waals surface area contributed by atoms with Crippen molar-refractivity contribution in [3.63, 3.8) is 0 Å². The van der Waals surface area contributed by atoms with E-state index in [1.165, 1.54) is 12.1 Å². The van der Waals surface area contributed by atoms with Crippen LogP contribution in [0.2, 0.25) is 0 Å². The maximum Gasteiger partial charge on any atom is 0.123 e. The van der Waals surface area contributed by atoms with E-state index in [1.807, 2.05) is 37.3 Å². The topological polar surface area (TPSA) is 32.3 Å². The van der Waals surface area contributed by atoms with E-state index in [4.69, 9.17) is 0 Å². The minimum absolute atomic E-state index is 0.0470. The van der Waals surface area contributed by atoms with Crippen molar-refractivity contribution in [2.75, 3.05) is 6.54 Å². The molecule has 2 aromatic rings. The predicted molar refractivity (Wildman–Crippen MR) is 78.8 cm³/mol. The third-order valence-electron chi connectivity index (χ3n) is 3.52. The van der Waals surface area contributed by atoms with Crippen LogP contribution >= 0.6 is 0 Å².